The Balaban J connectivity index is 1.73. The minimum Gasteiger partial charge on any atom is -0.491 e. The average Bonchev–Trinajstić information content (AvgIpc) is 2.63. The number of rotatable bonds is 8. The molecule has 0 aromatic heterocycles. The van der Waals surface area contributed by atoms with Crippen LogP contribution in [0.5, 0.6) is 5.75 Å². The van der Waals surface area contributed by atoms with Crippen molar-refractivity contribution < 1.29 is 9.47 Å². The van der Waals surface area contributed by atoms with E-state index >= 15 is 0 Å². The molecule has 1 aliphatic rings. The summed E-state index contributed by atoms with van der Waals surface area (Å²) in [6.45, 7) is 14.8. The molecular formula is C25H43NO2. The molecule has 1 aromatic rings. The number of nitrogens with two attached hydrogens (primary N) is 1. The average molecular weight is 390 g/mol. The van der Waals surface area contributed by atoms with Gasteiger partial charge in [-0.1, -0.05) is 72.9 Å². The molecule has 1 aliphatic carbocycles. The van der Waals surface area contributed by atoms with Crippen LogP contribution in [0.3, 0.4) is 0 Å². The van der Waals surface area contributed by atoms with Gasteiger partial charge < -0.3 is 15.2 Å². The van der Waals surface area contributed by atoms with Crippen LogP contribution in [-0.4, -0.2) is 19.4 Å². The molecule has 3 heteroatoms. The molecule has 28 heavy (non-hydrogen) atoms. The molecule has 160 valence electrons. The lowest BCUT2D eigenvalue weighted by atomic mass is 9.65. The predicted octanol–water partition coefficient (Wildman–Crippen LogP) is 6.51. The molecule has 2 rings (SSSR count). The highest BCUT2D eigenvalue weighted by atomic mass is 16.5. The smallest absolute Gasteiger partial charge is 0.119 e. The van der Waals surface area contributed by atoms with E-state index in [0.29, 0.717) is 19.1 Å². The number of hydrogen-bond acceptors (Lipinski definition) is 3. The van der Waals surface area contributed by atoms with Gasteiger partial charge in [0.15, 0.2) is 0 Å². The van der Waals surface area contributed by atoms with Crippen molar-refractivity contribution in [2.75, 3.05) is 13.2 Å². The highest BCUT2D eigenvalue weighted by Crippen LogP contribution is 2.42. The fraction of sp³-hybridized carbons (Fsp3) is 0.760. The fourth-order valence-electron chi connectivity index (χ4n) is 4.94. The molecular weight excluding hydrogens is 346 g/mol. The quantitative estimate of drug-likeness (QED) is 0.407. The zero-order valence-electron chi connectivity index (χ0n) is 19.1. The molecule has 0 bridgehead atoms. The topological polar surface area (TPSA) is 44.5 Å². The van der Waals surface area contributed by atoms with Gasteiger partial charge in [0.2, 0.25) is 0 Å². The Labute approximate surface area is 173 Å². The Kier molecular flexibility index (Phi) is 8.39. The van der Waals surface area contributed by atoms with Crippen molar-refractivity contribution in [2.45, 2.75) is 92.2 Å². The van der Waals surface area contributed by atoms with E-state index in [-0.39, 0.29) is 17.1 Å². The number of benzene rings is 1. The van der Waals surface area contributed by atoms with E-state index in [1.165, 1.54) is 37.7 Å². The monoisotopic (exact) mass is 389 g/mol. The highest BCUT2D eigenvalue weighted by Gasteiger charge is 2.35. The SMILES string of the molecule is CC(C)(C)C(CC(N)OCCOc1ccc(C2CCCCC2)cc1)C(C)(C)C. The summed E-state index contributed by atoms with van der Waals surface area (Å²) in [7, 11) is 0. The third-order valence-electron chi connectivity index (χ3n) is 6.20. The Hall–Kier alpha value is -1.06. The van der Waals surface area contributed by atoms with E-state index in [2.05, 4.69) is 65.8 Å². The van der Waals surface area contributed by atoms with Gasteiger partial charge in [0.25, 0.3) is 0 Å². The largest absolute Gasteiger partial charge is 0.491 e. The van der Waals surface area contributed by atoms with Gasteiger partial charge in [0.1, 0.15) is 18.6 Å². The highest BCUT2D eigenvalue weighted by molar-refractivity contribution is 5.29. The molecule has 0 radical (unpaired) electrons. The van der Waals surface area contributed by atoms with Crippen LogP contribution in [-0.2, 0) is 4.74 Å². The van der Waals surface area contributed by atoms with Crippen LogP contribution in [0.25, 0.3) is 0 Å². The predicted molar refractivity (Wildman–Crippen MR) is 119 cm³/mol. The Bertz CT molecular complexity index is 548. The molecule has 1 unspecified atom stereocenters. The van der Waals surface area contributed by atoms with Crippen molar-refractivity contribution in [3.63, 3.8) is 0 Å². The van der Waals surface area contributed by atoms with E-state index in [9.17, 15) is 0 Å². The van der Waals surface area contributed by atoms with Crippen molar-refractivity contribution in [3.8, 4) is 5.75 Å². The molecule has 0 aliphatic heterocycles. The zero-order chi connectivity index (χ0) is 20.8. The van der Waals surface area contributed by atoms with E-state index in [4.69, 9.17) is 15.2 Å². The fourth-order valence-corrected chi connectivity index (χ4v) is 4.94. The van der Waals surface area contributed by atoms with Crippen LogP contribution < -0.4 is 10.5 Å². The first-order chi connectivity index (χ1) is 13.1. The first-order valence-electron chi connectivity index (χ1n) is 11.2. The van der Waals surface area contributed by atoms with Crippen LogP contribution in [0.1, 0.15) is 91.5 Å². The van der Waals surface area contributed by atoms with Gasteiger partial charge in [-0.3, -0.25) is 0 Å². The summed E-state index contributed by atoms with van der Waals surface area (Å²) in [5, 5.41) is 0. The van der Waals surface area contributed by atoms with Gasteiger partial charge >= 0.3 is 0 Å². The first kappa shape index (κ1) is 23.2. The summed E-state index contributed by atoms with van der Waals surface area (Å²) in [6.07, 6.45) is 7.40. The van der Waals surface area contributed by atoms with Crippen LogP contribution in [0.4, 0.5) is 0 Å². The molecule has 3 nitrogen and oxygen atoms in total. The molecule has 1 saturated carbocycles. The lowest BCUT2D eigenvalue weighted by Gasteiger charge is -2.42. The molecule has 0 saturated heterocycles. The number of hydrogen-bond donors (Lipinski definition) is 1. The molecule has 0 spiro atoms. The standard InChI is InChI=1S/C25H43NO2/c1-24(2,3)22(25(4,5)6)18-23(26)28-17-16-27-21-14-12-20(13-15-21)19-10-8-7-9-11-19/h12-15,19,22-23H,7-11,16-18,26H2,1-6H3. The minimum atomic E-state index is -0.249. The van der Waals surface area contributed by atoms with Crippen LogP contribution in [0.2, 0.25) is 0 Å². The van der Waals surface area contributed by atoms with Crippen molar-refractivity contribution in [1.29, 1.82) is 0 Å². The zero-order valence-corrected chi connectivity index (χ0v) is 19.1. The van der Waals surface area contributed by atoms with Crippen LogP contribution in [0, 0.1) is 16.7 Å². The van der Waals surface area contributed by atoms with Crippen LogP contribution in [0.15, 0.2) is 24.3 Å². The molecule has 2 N–H and O–H groups in total. The summed E-state index contributed by atoms with van der Waals surface area (Å²) >= 11 is 0. The molecule has 1 aromatic carbocycles. The van der Waals surface area contributed by atoms with Gasteiger partial charge in [-0.2, -0.15) is 0 Å². The third-order valence-corrected chi connectivity index (χ3v) is 6.20. The maximum atomic E-state index is 6.27. The first-order valence-corrected chi connectivity index (χ1v) is 11.2. The summed E-state index contributed by atoms with van der Waals surface area (Å²) in [5.41, 5.74) is 8.14. The van der Waals surface area contributed by atoms with E-state index in [1.807, 2.05) is 0 Å². The number of ether oxygens (including phenoxy) is 2. The normalized spacial score (nSPS) is 17.7. The van der Waals surface area contributed by atoms with Crippen molar-refractivity contribution >= 4 is 0 Å². The van der Waals surface area contributed by atoms with Crippen LogP contribution >= 0.6 is 0 Å². The molecule has 0 amide bonds. The van der Waals surface area contributed by atoms with Gasteiger partial charge in [-0.25, -0.2) is 0 Å². The summed E-state index contributed by atoms with van der Waals surface area (Å²) in [5.74, 6) is 2.14. The molecule has 0 heterocycles. The maximum Gasteiger partial charge on any atom is 0.119 e. The Morgan fingerprint density at radius 2 is 1.46 bits per heavy atom. The van der Waals surface area contributed by atoms with Crippen molar-refractivity contribution in [3.05, 3.63) is 29.8 Å². The maximum absolute atomic E-state index is 6.27. The third kappa shape index (κ3) is 7.40. The summed E-state index contributed by atoms with van der Waals surface area (Å²) in [6, 6.07) is 8.66. The summed E-state index contributed by atoms with van der Waals surface area (Å²) in [4.78, 5) is 0. The van der Waals surface area contributed by atoms with Gasteiger partial charge in [0, 0.05) is 0 Å². The minimum absolute atomic E-state index is 0.204. The second kappa shape index (κ2) is 10.1. The van der Waals surface area contributed by atoms with Crippen molar-refractivity contribution in [2.24, 2.45) is 22.5 Å². The van der Waals surface area contributed by atoms with E-state index in [1.54, 1.807) is 0 Å². The molecule has 1 fully saturated rings. The Morgan fingerprint density at radius 3 is 2.00 bits per heavy atom. The Morgan fingerprint density at radius 1 is 0.893 bits per heavy atom. The second-order valence-corrected chi connectivity index (χ2v) is 10.7. The van der Waals surface area contributed by atoms with Crippen molar-refractivity contribution in [1.82, 2.24) is 0 Å². The van der Waals surface area contributed by atoms with Gasteiger partial charge in [-0.05, 0) is 59.6 Å². The summed E-state index contributed by atoms with van der Waals surface area (Å²) < 4.78 is 11.7. The molecule has 1 atom stereocenters. The van der Waals surface area contributed by atoms with Gasteiger partial charge in [-0.15, -0.1) is 0 Å². The second-order valence-electron chi connectivity index (χ2n) is 10.7. The van der Waals surface area contributed by atoms with E-state index < -0.39 is 0 Å². The van der Waals surface area contributed by atoms with E-state index in [0.717, 1.165) is 18.1 Å². The lowest BCUT2D eigenvalue weighted by molar-refractivity contribution is -0.0139. The lowest BCUT2D eigenvalue weighted by Crippen LogP contribution is -2.39. The van der Waals surface area contributed by atoms with Gasteiger partial charge in [0.05, 0.1) is 6.61 Å².